The molecule has 1 aromatic carbocycles. The monoisotopic (exact) mass is 412 g/mol. The summed E-state index contributed by atoms with van der Waals surface area (Å²) in [6.07, 6.45) is 4.35. The van der Waals surface area contributed by atoms with E-state index in [9.17, 15) is 14.4 Å². The maximum atomic E-state index is 12.7. The summed E-state index contributed by atoms with van der Waals surface area (Å²) in [5.74, 6) is -0.801. The van der Waals surface area contributed by atoms with E-state index in [4.69, 9.17) is 5.73 Å². The molecule has 0 saturated carbocycles. The number of aromatic nitrogens is 2. The van der Waals surface area contributed by atoms with Gasteiger partial charge in [-0.25, -0.2) is 0 Å². The SMILES string of the molecule is CNC(=O)C[C@@H](NC(=O)C[C@H](N)C(=O)N1CC[C@H](n2cccn2)C1)c1ccccc1. The maximum absolute atomic E-state index is 12.7. The van der Waals surface area contributed by atoms with Gasteiger partial charge in [0, 0.05) is 32.5 Å². The molecule has 0 aliphatic carbocycles. The summed E-state index contributed by atoms with van der Waals surface area (Å²) in [5, 5.41) is 9.64. The quantitative estimate of drug-likeness (QED) is 0.578. The Bertz CT molecular complexity index is 855. The topological polar surface area (TPSA) is 122 Å². The standard InChI is InChI=1S/C21H28N6O3/c1-23-19(28)13-18(15-6-3-2-4-7-15)25-20(29)12-17(22)21(30)26-11-8-16(14-26)27-10-5-9-24-27/h2-7,9-10,16-18H,8,11-14,22H2,1H3,(H,23,28)(H,25,29)/t16-,17-,18+/m0/s1. The first-order valence-electron chi connectivity index (χ1n) is 10.1. The smallest absolute Gasteiger partial charge is 0.240 e. The first-order valence-corrected chi connectivity index (χ1v) is 10.1. The Kier molecular flexibility index (Phi) is 7.18. The number of amides is 3. The molecule has 9 heteroatoms. The molecule has 2 heterocycles. The highest BCUT2D eigenvalue weighted by atomic mass is 16.2. The van der Waals surface area contributed by atoms with Crippen LogP contribution < -0.4 is 16.4 Å². The Balaban J connectivity index is 1.55. The second kappa shape index (κ2) is 10.0. The van der Waals surface area contributed by atoms with Crippen molar-refractivity contribution in [2.45, 2.75) is 37.4 Å². The van der Waals surface area contributed by atoms with Gasteiger partial charge >= 0.3 is 0 Å². The molecule has 30 heavy (non-hydrogen) atoms. The Labute approximate surface area is 175 Å². The van der Waals surface area contributed by atoms with E-state index in [2.05, 4.69) is 15.7 Å². The van der Waals surface area contributed by atoms with Crippen LogP contribution in [0.15, 0.2) is 48.8 Å². The van der Waals surface area contributed by atoms with E-state index in [1.54, 1.807) is 18.1 Å². The second-order valence-electron chi connectivity index (χ2n) is 7.43. The van der Waals surface area contributed by atoms with E-state index < -0.39 is 12.1 Å². The number of hydrogen-bond donors (Lipinski definition) is 3. The maximum Gasteiger partial charge on any atom is 0.240 e. The average Bonchev–Trinajstić information content (AvgIpc) is 3.45. The summed E-state index contributed by atoms with van der Waals surface area (Å²) in [6.45, 7) is 1.11. The van der Waals surface area contributed by atoms with Crippen molar-refractivity contribution in [2.24, 2.45) is 5.73 Å². The number of hydrogen-bond acceptors (Lipinski definition) is 5. The molecule has 3 atom stereocenters. The largest absolute Gasteiger partial charge is 0.359 e. The Morgan fingerprint density at radius 3 is 2.60 bits per heavy atom. The zero-order valence-corrected chi connectivity index (χ0v) is 17.0. The fourth-order valence-electron chi connectivity index (χ4n) is 3.65. The van der Waals surface area contributed by atoms with Gasteiger partial charge in [-0.15, -0.1) is 0 Å². The first-order chi connectivity index (χ1) is 14.5. The molecule has 3 amide bonds. The van der Waals surface area contributed by atoms with E-state index in [1.165, 1.54) is 0 Å². The third-order valence-corrected chi connectivity index (χ3v) is 5.30. The van der Waals surface area contributed by atoms with E-state index in [1.807, 2.05) is 47.3 Å². The van der Waals surface area contributed by atoms with E-state index >= 15 is 0 Å². The Morgan fingerprint density at radius 2 is 1.93 bits per heavy atom. The van der Waals surface area contributed by atoms with Crippen LogP contribution >= 0.6 is 0 Å². The summed E-state index contributed by atoms with van der Waals surface area (Å²) in [7, 11) is 1.55. The van der Waals surface area contributed by atoms with E-state index in [0.29, 0.717) is 13.1 Å². The molecule has 160 valence electrons. The molecule has 0 unspecified atom stereocenters. The molecule has 0 bridgehead atoms. The molecule has 1 fully saturated rings. The lowest BCUT2D eigenvalue weighted by Crippen LogP contribution is -2.46. The lowest BCUT2D eigenvalue weighted by Gasteiger charge is -2.22. The van der Waals surface area contributed by atoms with Gasteiger partial charge in [-0.1, -0.05) is 30.3 Å². The molecule has 9 nitrogen and oxygen atoms in total. The van der Waals surface area contributed by atoms with Crippen LogP contribution in [0.1, 0.15) is 36.9 Å². The summed E-state index contributed by atoms with van der Waals surface area (Å²) in [6, 6.07) is 9.80. The van der Waals surface area contributed by atoms with Crippen molar-refractivity contribution in [3.63, 3.8) is 0 Å². The Hall–Kier alpha value is -3.20. The number of carbonyl (C=O) groups excluding carboxylic acids is 3. The van der Waals surface area contributed by atoms with Gasteiger partial charge in [0.1, 0.15) is 0 Å². The highest BCUT2D eigenvalue weighted by Gasteiger charge is 2.31. The zero-order valence-electron chi connectivity index (χ0n) is 17.0. The molecule has 2 aromatic rings. The number of nitrogens with zero attached hydrogens (tertiary/aromatic N) is 3. The van der Waals surface area contributed by atoms with Gasteiger partial charge < -0.3 is 21.3 Å². The van der Waals surface area contributed by atoms with Crippen molar-refractivity contribution < 1.29 is 14.4 Å². The number of benzene rings is 1. The van der Waals surface area contributed by atoms with Crippen LogP contribution in [-0.2, 0) is 14.4 Å². The van der Waals surface area contributed by atoms with Gasteiger partial charge in [-0.05, 0) is 18.1 Å². The molecule has 3 rings (SSSR count). The van der Waals surface area contributed by atoms with Crippen LogP contribution in [0.25, 0.3) is 0 Å². The fourth-order valence-corrected chi connectivity index (χ4v) is 3.65. The van der Waals surface area contributed by atoms with Gasteiger partial charge in [-0.3, -0.25) is 19.1 Å². The van der Waals surface area contributed by atoms with Crippen LogP contribution in [0.4, 0.5) is 0 Å². The first kappa shape index (κ1) is 21.5. The van der Waals surface area contributed by atoms with Gasteiger partial charge in [0.05, 0.1) is 31.0 Å². The number of nitrogens with two attached hydrogens (primary N) is 1. The molecule has 1 aliphatic rings. The average molecular weight is 412 g/mol. The fraction of sp³-hybridized carbons (Fsp3) is 0.429. The van der Waals surface area contributed by atoms with Crippen LogP contribution in [0, 0.1) is 0 Å². The number of rotatable bonds is 8. The predicted molar refractivity (Wildman–Crippen MR) is 111 cm³/mol. The summed E-state index contributed by atoms with van der Waals surface area (Å²) < 4.78 is 1.84. The minimum atomic E-state index is -0.933. The normalized spacial score (nSPS) is 17.9. The third kappa shape index (κ3) is 5.44. The van der Waals surface area contributed by atoms with Gasteiger partial charge in [0.25, 0.3) is 0 Å². The van der Waals surface area contributed by atoms with E-state index in [0.717, 1.165) is 12.0 Å². The van der Waals surface area contributed by atoms with E-state index in [-0.39, 0.29) is 36.6 Å². The molecule has 4 N–H and O–H groups in total. The molecule has 1 aliphatic heterocycles. The van der Waals surface area contributed by atoms with Gasteiger partial charge in [0.2, 0.25) is 17.7 Å². The molecular formula is C21H28N6O3. The lowest BCUT2D eigenvalue weighted by molar-refractivity contribution is -0.134. The Morgan fingerprint density at radius 1 is 1.17 bits per heavy atom. The molecular weight excluding hydrogens is 384 g/mol. The second-order valence-corrected chi connectivity index (χ2v) is 7.43. The summed E-state index contributed by atoms with van der Waals surface area (Å²) in [4.78, 5) is 38.8. The minimum Gasteiger partial charge on any atom is -0.359 e. The minimum absolute atomic E-state index is 0.104. The van der Waals surface area contributed by atoms with Crippen molar-refractivity contribution in [3.8, 4) is 0 Å². The van der Waals surface area contributed by atoms with Crippen LogP contribution in [0.3, 0.4) is 0 Å². The van der Waals surface area contributed by atoms with Crippen LogP contribution in [0.2, 0.25) is 0 Å². The van der Waals surface area contributed by atoms with Crippen LogP contribution in [0.5, 0.6) is 0 Å². The third-order valence-electron chi connectivity index (χ3n) is 5.30. The number of carbonyl (C=O) groups is 3. The molecule has 1 aromatic heterocycles. The summed E-state index contributed by atoms with van der Waals surface area (Å²) in [5.41, 5.74) is 6.87. The van der Waals surface area contributed by atoms with Crippen molar-refractivity contribution >= 4 is 17.7 Å². The van der Waals surface area contributed by atoms with Gasteiger partial charge in [0.15, 0.2) is 0 Å². The van der Waals surface area contributed by atoms with Crippen molar-refractivity contribution in [3.05, 3.63) is 54.4 Å². The van der Waals surface area contributed by atoms with Crippen LogP contribution in [-0.4, -0.2) is 58.6 Å². The molecule has 0 spiro atoms. The van der Waals surface area contributed by atoms with Crippen molar-refractivity contribution in [2.75, 3.05) is 20.1 Å². The highest BCUT2D eigenvalue weighted by Crippen LogP contribution is 2.21. The summed E-state index contributed by atoms with van der Waals surface area (Å²) >= 11 is 0. The molecule has 0 radical (unpaired) electrons. The number of nitrogens with one attached hydrogen (secondary N) is 2. The lowest BCUT2D eigenvalue weighted by atomic mass is 10.0. The van der Waals surface area contributed by atoms with Crippen molar-refractivity contribution in [1.82, 2.24) is 25.3 Å². The highest BCUT2D eigenvalue weighted by molar-refractivity contribution is 5.88. The number of likely N-dealkylation sites (tertiary alicyclic amines) is 1. The van der Waals surface area contributed by atoms with Crippen molar-refractivity contribution in [1.29, 1.82) is 0 Å². The zero-order chi connectivity index (χ0) is 21.5. The molecule has 1 saturated heterocycles. The van der Waals surface area contributed by atoms with Gasteiger partial charge in [-0.2, -0.15) is 5.10 Å². The predicted octanol–water partition coefficient (Wildman–Crippen LogP) is 0.368.